The van der Waals surface area contributed by atoms with Gasteiger partial charge in [-0.1, -0.05) is 6.92 Å². The number of hydrogen-bond acceptors (Lipinski definition) is 5. The Kier molecular flexibility index (Phi) is 5.41. The van der Waals surface area contributed by atoms with Crippen molar-refractivity contribution in [1.29, 1.82) is 0 Å². The van der Waals surface area contributed by atoms with Gasteiger partial charge in [0, 0.05) is 10.6 Å². The van der Waals surface area contributed by atoms with E-state index in [9.17, 15) is 9.59 Å². The van der Waals surface area contributed by atoms with Crippen molar-refractivity contribution in [2.75, 3.05) is 11.9 Å². The van der Waals surface area contributed by atoms with Crippen molar-refractivity contribution >= 4 is 28.2 Å². The number of aryl methyl sites for hydroxylation is 2. The number of pyridine rings is 1. The third kappa shape index (κ3) is 3.80. The number of carbonyl (C=O) groups excluding carboxylic acids is 2. The summed E-state index contributed by atoms with van der Waals surface area (Å²) in [6, 6.07) is 3.67. The second-order valence-corrected chi connectivity index (χ2v) is 8.01. The summed E-state index contributed by atoms with van der Waals surface area (Å²) in [5, 5.41) is 3.49. The van der Waals surface area contributed by atoms with Gasteiger partial charge in [-0.15, -0.1) is 11.3 Å². The molecule has 1 aliphatic rings. The number of fused-ring (bicyclic) bond motifs is 1. The summed E-state index contributed by atoms with van der Waals surface area (Å²) < 4.78 is 5.25. The van der Waals surface area contributed by atoms with Crippen LogP contribution in [0.15, 0.2) is 12.1 Å². The maximum Gasteiger partial charge on any atom is 0.341 e. The minimum atomic E-state index is -0.358. The van der Waals surface area contributed by atoms with Crippen molar-refractivity contribution in [2.24, 2.45) is 5.92 Å². The van der Waals surface area contributed by atoms with Gasteiger partial charge in [-0.25, -0.2) is 9.78 Å². The van der Waals surface area contributed by atoms with Crippen LogP contribution in [0.2, 0.25) is 0 Å². The number of nitrogens with zero attached hydrogens (tertiary/aromatic N) is 1. The summed E-state index contributed by atoms with van der Waals surface area (Å²) in [6.45, 7) is 8.10. The zero-order chi connectivity index (χ0) is 18.8. The van der Waals surface area contributed by atoms with Crippen LogP contribution in [-0.4, -0.2) is 23.5 Å². The Morgan fingerprint density at radius 2 is 2.12 bits per heavy atom. The highest BCUT2D eigenvalue weighted by molar-refractivity contribution is 7.17. The molecular weight excluding hydrogens is 348 g/mol. The molecule has 1 N–H and O–H groups in total. The van der Waals surface area contributed by atoms with Gasteiger partial charge in [-0.05, 0) is 69.2 Å². The molecule has 0 saturated carbocycles. The Morgan fingerprint density at radius 1 is 1.35 bits per heavy atom. The van der Waals surface area contributed by atoms with Crippen LogP contribution in [0.3, 0.4) is 0 Å². The van der Waals surface area contributed by atoms with Crippen LogP contribution in [0.1, 0.15) is 62.8 Å². The zero-order valence-corrected chi connectivity index (χ0v) is 16.5. The van der Waals surface area contributed by atoms with E-state index >= 15 is 0 Å². The van der Waals surface area contributed by atoms with Crippen molar-refractivity contribution in [3.8, 4) is 0 Å². The number of ether oxygens (including phenoxy) is 1. The first-order valence-electron chi connectivity index (χ1n) is 8.97. The second-order valence-electron chi connectivity index (χ2n) is 6.90. The topological polar surface area (TPSA) is 68.3 Å². The van der Waals surface area contributed by atoms with Gasteiger partial charge in [0.1, 0.15) is 10.7 Å². The molecule has 6 heteroatoms. The summed E-state index contributed by atoms with van der Waals surface area (Å²) in [6.07, 6.45) is 2.82. The Hall–Kier alpha value is -2.21. The maximum absolute atomic E-state index is 12.7. The molecule has 0 radical (unpaired) electrons. The fourth-order valence-electron chi connectivity index (χ4n) is 3.38. The summed E-state index contributed by atoms with van der Waals surface area (Å²) in [5.41, 5.74) is 3.69. The monoisotopic (exact) mass is 372 g/mol. The predicted octanol–water partition coefficient (Wildman–Crippen LogP) is 4.31. The van der Waals surface area contributed by atoms with Gasteiger partial charge >= 0.3 is 5.97 Å². The first-order chi connectivity index (χ1) is 12.4. The zero-order valence-electron chi connectivity index (χ0n) is 15.6. The molecular formula is C20H24N2O3S. The van der Waals surface area contributed by atoms with Crippen LogP contribution in [0.5, 0.6) is 0 Å². The molecule has 0 fully saturated rings. The molecule has 2 aromatic rings. The lowest BCUT2D eigenvalue weighted by Crippen LogP contribution is -2.17. The Labute approximate surface area is 157 Å². The van der Waals surface area contributed by atoms with Gasteiger partial charge in [-0.2, -0.15) is 0 Å². The third-order valence-corrected chi connectivity index (χ3v) is 5.72. The van der Waals surface area contributed by atoms with Crippen LogP contribution in [0.4, 0.5) is 5.00 Å². The van der Waals surface area contributed by atoms with Crippen LogP contribution in [0, 0.1) is 19.8 Å². The van der Waals surface area contributed by atoms with Gasteiger partial charge in [0.25, 0.3) is 5.91 Å². The molecule has 0 spiro atoms. The average molecular weight is 372 g/mol. The quantitative estimate of drug-likeness (QED) is 0.812. The number of hydrogen-bond donors (Lipinski definition) is 1. The lowest BCUT2D eigenvalue weighted by molar-refractivity contribution is 0.0526. The number of anilines is 1. The minimum absolute atomic E-state index is 0.297. The molecule has 1 atom stereocenters. The largest absolute Gasteiger partial charge is 0.462 e. The molecule has 0 aliphatic heterocycles. The lowest BCUT2D eigenvalue weighted by Gasteiger charge is -2.18. The highest BCUT2D eigenvalue weighted by atomic mass is 32.1. The Morgan fingerprint density at radius 3 is 2.81 bits per heavy atom. The van der Waals surface area contributed by atoms with E-state index in [1.807, 2.05) is 19.9 Å². The number of amides is 1. The van der Waals surface area contributed by atoms with Gasteiger partial charge in [0.15, 0.2) is 0 Å². The van der Waals surface area contributed by atoms with Crippen LogP contribution >= 0.6 is 11.3 Å². The minimum Gasteiger partial charge on any atom is -0.462 e. The first-order valence-corrected chi connectivity index (χ1v) is 9.79. The Bertz CT molecular complexity index is 837. The van der Waals surface area contributed by atoms with E-state index in [0.717, 1.165) is 36.1 Å². The molecule has 2 aromatic heterocycles. The third-order valence-electron chi connectivity index (χ3n) is 4.55. The summed E-state index contributed by atoms with van der Waals surface area (Å²) in [4.78, 5) is 30.7. The number of nitrogens with one attached hydrogen (secondary N) is 1. The fraction of sp³-hybridized carbons (Fsp3) is 0.450. The van der Waals surface area contributed by atoms with Crippen LogP contribution in [0.25, 0.3) is 0 Å². The number of esters is 1. The molecule has 1 amide bonds. The van der Waals surface area contributed by atoms with Crippen molar-refractivity contribution in [3.05, 3.63) is 45.1 Å². The van der Waals surface area contributed by atoms with Crippen molar-refractivity contribution in [1.82, 2.24) is 4.98 Å². The highest BCUT2D eigenvalue weighted by Gasteiger charge is 2.29. The standard InChI is InChI=1S/C20H24N2O3S/c1-5-25-20(24)17-14-7-6-11(2)10-16(14)26-19(17)22-18(23)15-9-12(3)8-13(4)21-15/h8-9,11H,5-7,10H2,1-4H3,(H,22,23). The predicted molar refractivity (Wildman–Crippen MR) is 103 cm³/mol. The molecule has 26 heavy (non-hydrogen) atoms. The van der Waals surface area contributed by atoms with Crippen LogP contribution in [-0.2, 0) is 17.6 Å². The molecule has 3 rings (SSSR count). The molecule has 2 heterocycles. The van der Waals surface area contributed by atoms with E-state index in [4.69, 9.17) is 4.74 Å². The molecule has 0 aromatic carbocycles. The number of thiophene rings is 1. The van der Waals surface area contributed by atoms with Crippen molar-refractivity contribution in [2.45, 2.75) is 47.0 Å². The normalized spacial score (nSPS) is 16.1. The highest BCUT2D eigenvalue weighted by Crippen LogP contribution is 2.40. The summed E-state index contributed by atoms with van der Waals surface area (Å²) >= 11 is 1.49. The van der Waals surface area contributed by atoms with Crippen LogP contribution < -0.4 is 5.32 Å². The van der Waals surface area contributed by atoms with Gasteiger partial charge in [0.2, 0.25) is 0 Å². The average Bonchev–Trinajstić information content (AvgIpc) is 2.90. The SMILES string of the molecule is CCOC(=O)c1c(NC(=O)c2cc(C)cc(C)n2)sc2c1CCC(C)C2. The van der Waals surface area contributed by atoms with E-state index in [1.165, 1.54) is 16.2 Å². The van der Waals surface area contributed by atoms with Crippen molar-refractivity contribution < 1.29 is 14.3 Å². The molecule has 5 nitrogen and oxygen atoms in total. The van der Waals surface area contributed by atoms with E-state index in [0.29, 0.717) is 28.8 Å². The molecule has 1 unspecified atom stereocenters. The molecule has 1 aliphatic carbocycles. The lowest BCUT2D eigenvalue weighted by atomic mass is 9.88. The summed E-state index contributed by atoms with van der Waals surface area (Å²) in [7, 11) is 0. The number of carbonyl (C=O) groups is 2. The second kappa shape index (κ2) is 7.58. The Balaban J connectivity index is 1.96. The smallest absolute Gasteiger partial charge is 0.341 e. The van der Waals surface area contributed by atoms with E-state index in [-0.39, 0.29) is 11.9 Å². The summed E-state index contributed by atoms with van der Waals surface area (Å²) in [5.74, 6) is -0.0712. The van der Waals surface area contributed by atoms with Gasteiger partial charge < -0.3 is 10.1 Å². The van der Waals surface area contributed by atoms with E-state index < -0.39 is 0 Å². The maximum atomic E-state index is 12.7. The van der Waals surface area contributed by atoms with Crippen molar-refractivity contribution in [3.63, 3.8) is 0 Å². The van der Waals surface area contributed by atoms with Gasteiger partial charge in [0.05, 0.1) is 12.2 Å². The fourth-order valence-corrected chi connectivity index (χ4v) is 4.78. The number of rotatable bonds is 4. The first kappa shape index (κ1) is 18.6. The molecule has 138 valence electrons. The van der Waals surface area contributed by atoms with Gasteiger partial charge in [-0.3, -0.25) is 4.79 Å². The molecule has 0 bridgehead atoms. The van der Waals surface area contributed by atoms with E-state index in [1.54, 1.807) is 13.0 Å². The van der Waals surface area contributed by atoms with E-state index in [2.05, 4.69) is 17.2 Å². The molecule has 0 saturated heterocycles. The number of aromatic nitrogens is 1.